The molecule has 2 fully saturated rings. The molecule has 4 aliphatic heterocycles. The SMILES string of the molecule is CC1CC/C=C\[C@H]2OC34C=CCN(C(C)(C)C)C(=O)[C@H]3N(C(C)CO)C(=O)[C@@H]4C2C(=O)O1. The van der Waals surface area contributed by atoms with Crippen LogP contribution in [-0.4, -0.2) is 81.3 Å². The first kappa shape index (κ1) is 23.0. The number of fused-ring (bicyclic) bond motifs is 2. The van der Waals surface area contributed by atoms with Crippen LogP contribution >= 0.6 is 0 Å². The zero-order chi connectivity index (χ0) is 23.4. The lowest BCUT2D eigenvalue weighted by atomic mass is 9.78. The highest BCUT2D eigenvalue weighted by Gasteiger charge is 2.72. The minimum atomic E-state index is -1.29. The van der Waals surface area contributed by atoms with Crippen LogP contribution in [0.15, 0.2) is 24.3 Å². The minimum Gasteiger partial charge on any atom is -0.462 e. The topological polar surface area (TPSA) is 96.4 Å². The summed E-state index contributed by atoms with van der Waals surface area (Å²) in [6.45, 7) is 9.45. The van der Waals surface area contributed by atoms with Crippen molar-refractivity contribution in [3.8, 4) is 0 Å². The van der Waals surface area contributed by atoms with Crippen LogP contribution in [0.2, 0.25) is 0 Å². The van der Waals surface area contributed by atoms with Crippen LogP contribution < -0.4 is 0 Å². The number of nitrogens with zero attached hydrogens (tertiary/aromatic N) is 2. The largest absolute Gasteiger partial charge is 0.462 e. The molecule has 4 unspecified atom stereocenters. The maximum Gasteiger partial charge on any atom is 0.313 e. The number of hydrogen-bond acceptors (Lipinski definition) is 6. The quantitative estimate of drug-likeness (QED) is 0.509. The first-order valence-corrected chi connectivity index (χ1v) is 11.5. The van der Waals surface area contributed by atoms with E-state index in [0.29, 0.717) is 13.0 Å². The average molecular weight is 447 g/mol. The predicted octanol–water partition coefficient (Wildman–Crippen LogP) is 1.43. The zero-order valence-corrected chi connectivity index (χ0v) is 19.5. The zero-order valence-electron chi connectivity index (χ0n) is 19.5. The van der Waals surface area contributed by atoms with E-state index in [1.807, 2.05) is 45.9 Å². The van der Waals surface area contributed by atoms with Gasteiger partial charge in [0.15, 0.2) is 0 Å². The van der Waals surface area contributed by atoms with Gasteiger partial charge in [-0.25, -0.2) is 0 Å². The van der Waals surface area contributed by atoms with Crippen LogP contribution in [0.1, 0.15) is 47.5 Å². The maximum atomic E-state index is 13.9. The second kappa shape index (κ2) is 7.99. The summed E-state index contributed by atoms with van der Waals surface area (Å²) in [6, 6.07) is -1.56. The summed E-state index contributed by atoms with van der Waals surface area (Å²) < 4.78 is 12.2. The van der Waals surface area contributed by atoms with Gasteiger partial charge in [0.25, 0.3) is 0 Å². The Morgan fingerprint density at radius 2 is 1.94 bits per heavy atom. The number of carbonyl (C=O) groups excluding carboxylic acids is 3. The van der Waals surface area contributed by atoms with Crippen LogP contribution in [-0.2, 0) is 23.9 Å². The first-order chi connectivity index (χ1) is 15.0. The number of esters is 1. The van der Waals surface area contributed by atoms with E-state index in [4.69, 9.17) is 9.47 Å². The van der Waals surface area contributed by atoms with Crippen molar-refractivity contribution in [2.24, 2.45) is 11.8 Å². The van der Waals surface area contributed by atoms with Gasteiger partial charge in [-0.1, -0.05) is 24.3 Å². The monoisotopic (exact) mass is 446 g/mol. The molecule has 2 saturated heterocycles. The van der Waals surface area contributed by atoms with Gasteiger partial charge in [-0.3, -0.25) is 14.4 Å². The van der Waals surface area contributed by atoms with E-state index in [9.17, 15) is 19.5 Å². The Hall–Kier alpha value is -2.19. The molecule has 1 N–H and O–H groups in total. The third kappa shape index (κ3) is 3.39. The number of carbonyl (C=O) groups is 3. The molecule has 8 nitrogen and oxygen atoms in total. The van der Waals surface area contributed by atoms with Gasteiger partial charge in [-0.15, -0.1) is 0 Å². The molecule has 0 radical (unpaired) electrons. The number of hydrogen-bond donors (Lipinski definition) is 1. The molecule has 1 spiro atoms. The summed E-state index contributed by atoms with van der Waals surface area (Å²) in [5.74, 6) is -2.81. The molecular formula is C24H34N2O6. The van der Waals surface area contributed by atoms with E-state index in [2.05, 4.69) is 0 Å². The van der Waals surface area contributed by atoms with Crippen molar-refractivity contribution in [1.82, 2.24) is 9.80 Å². The highest BCUT2D eigenvalue weighted by atomic mass is 16.6. The van der Waals surface area contributed by atoms with E-state index in [-0.39, 0.29) is 24.5 Å². The molecule has 4 aliphatic rings. The lowest BCUT2D eigenvalue weighted by Crippen LogP contribution is -2.60. The molecule has 0 aromatic rings. The molecule has 32 heavy (non-hydrogen) atoms. The molecule has 4 rings (SSSR count). The third-order valence-corrected chi connectivity index (χ3v) is 7.14. The summed E-state index contributed by atoms with van der Waals surface area (Å²) in [4.78, 5) is 44.1. The van der Waals surface area contributed by atoms with Gasteiger partial charge in [0, 0.05) is 12.1 Å². The maximum absolute atomic E-state index is 13.9. The molecule has 2 amide bonds. The van der Waals surface area contributed by atoms with Gasteiger partial charge in [-0.05, 0) is 47.5 Å². The third-order valence-electron chi connectivity index (χ3n) is 7.14. The van der Waals surface area contributed by atoms with Gasteiger partial charge in [-0.2, -0.15) is 0 Å². The van der Waals surface area contributed by atoms with Crippen molar-refractivity contribution in [1.29, 1.82) is 0 Å². The summed E-state index contributed by atoms with van der Waals surface area (Å²) in [6.07, 6.45) is 7.96. The number of ether oxygens (including phenoxy) is 2. The second-order valence-electron chi connectivity index (χ2n) is 10.4. The van der Waals surface area contributed by atoms with E-state index in [0.717, 1.165) is 6.42 Å². The fourth-order valence-corrected chi connectivity index (χ4v) is 5.56. The number of likely N-dealkylation sites (tertiary alicyclic amines) is 1. The van der Waals surface area contributed by atoms with Crippen LogP contribution in [0, 0.1) is 11.8 Å². The van der Waals surface area contributed by atoms with E-state index in [1.165, 1.54) is 4.90 Å². The first-order valence-electron chi connectivity index (χ1n) is 11.5. The summed E-state index contributed by atoms with van der Waals surface area (Å²) >= 11 is 0. The van der Waals surface area contributed by atoms with Crippen LogP contribution in [0.4, 0.5) is 0 Å². The number of cyclic esters (lactones) is 1. The molecule has 0 aromatic heterocycles. The lowest BCUT2D eigenvalue weighted by Gasteiger charge is -2.41. The van der Waals surface area contributed by atoms with E-state index >= 15 is 0 Å². The van der Waals surface area contributed by atoms with Gasteiger partial charge < -0.3 is 24.4 Å². The average Bonchev–Trinajstić information content (AvgIpc) is 3.11. The van der Waals surface area contributed by atoms with Gasteiger partial charge in [0.1, 0.15) is 17.6 Å². The molecule has 0 aliphatic carbocycles. The van der Waals surface area contributed by atoms with Crippen molar-refractivity contribution in [3.05, 3.63) is 24.3 Å². The Balaban J connectivity index is 1.86. The molecule has 176 valence electrons. The molecule has 0 aromatic carbocycles. The molecule has 8 heteroatoms. The Kier molecular flexibility index (Phi) is 5.74. The summed E-state index contributed by atoms with van der Waals surface area (Å²) in [5, 5.41) is 9.90. The molecular weight excluding hydrogens is 412 g/mol. The fourth-order valence-electron chi connectivity index (χ4n) is 5.56. The van der Waals surface area contributed by atoms with Gasteiger partial charge in [0.05, 0.1) is 30.8 Å². The van der Waals surface area contributed by atoms with Crippen molar-refractivity contribution in [2.75, 3.05) is 13.2 Å². The number of aliphatic hydroxyl groups excluding tert-OH is 1. The summed E-state index contributed by atoms with van der Waals surface area (Å²) in [5.41, 5.74) is -1.77. The van der Waals surface area contributed by atoms with Gasteiger partial charge in [0.2, 0.25) is 11.8 Å². The molecule has 7 atom stereocenters. The molecule has 0 saturated carbocycles. The standard InChI is InChI=1S/C24H34N2O6/c1-14(13-27)26-19-21(29)25(23(3,4)5)12-8-11-24(19)18(20(26)28)17-16(32-24)10-7-6-9-15(2)31-22(17)30/h7-8,10-11,14-19,27H,6,9,12-13H2,1-5H3/b10-7-/t14?,15?,16-,17?,18+,19-,24?/m1/s1. The fraction of sp³-hybridized carbons (Fsp3) is 0.708. The van der Waals surface area contributed by atoms with Crippen molar-refractivity contribution >= 4 is 17.8 Å². The number of allylic oxidation sites excluding steroid dienone is 1. The Bertz CT molecular complexity index is 861. The predicted molar refractivity (Wildman–Crippen MR) is 116 cm³/mol. The van der Waals surface area contributed by atoms with Gasteiger partial charge >= 0.3 is 5.97 Å². The highest BCUT2D eigenvalue weighted by molar-refractivity contribution is 5.99. The van der Waals surface area contributed by atoms with Crippen LogP contribution in [0.5, 0.6) is 0 Å². The normalized spacial score (nSPS) is 39.3. The van der Waals surface area contributed by atoms with Crippen LogP contribution in [0.25, 0.3) is 0 Å². The smallest absolute Gasteiger partial charge is 0.313 e. The Morgan fingerprint density at radius 3 is 2.59 bits per heavy atom. The van der Waals surface area contributed by atoms with Crippen molar-refractivity contribution < 1.29 is 29.0 Å². The lowest BCUT2D eigenvalue weighted by molar-refractivity contribution is -0.159. The second-order valence-corrected chi connectivity index (χ2v) is 10.4. The Labute approximate surface area is 189 Å². The number of aliphatic hydroxyl groups is 1. The number of amides is 2. The molecule has 4 heterocycles. The van der Waals surface area contributed by atoms with Crippen molar-refractivity contribution in [3.63, 3.8) is 0 Å². The molecule has 0 bridgehead atoms. The minimum absolute atomic E-state index is 0.240. The highest BCUT2D eigenvalue weighted by Crippen LogP contribution is 2.54. The van der Waals surface area contributed by atoms with Crippen LogP contribution in [0.3, 0.4) is 0 Å². The number of rotatable bonds is 2. The van der Waals surface area contributed by atoms with Crippen molar-refractivity contribution in [2.45, 2.75) is 82.9 Å². The van der Waals surface area contributed by atoms with E-state index < -0.39 is 47.1 Å². The summed E-state index contributed by atoms with van der Waals surface area (Å²) in [7, 11) is 0. The Morgan fingerprint density at radius 1 is 1.22 bits per heavy atom. The van der Waals surface area contributed by atoms with E-state index in [1.54, 1.807) is 17.9 Å².